The lowest BCUT2D eigenvalue weighted by Gasteiger charge is -2.38. The largest absolute Gasteiger partial charge is 0.493 e. The molecule has 188 valence electrons. The molecule has 35 heavy (non-hydrogen) atoms. The highest BCUT2D eigenvalue weighted by Crippen LogP contribution is 2.39. The number of carbonyl (C=O) groups excluding carboxylic acids is 1. The van der Waals surface area contributed by atoms with Crippen LogP contribution in [0.1, 0.15) is 43.4 Å². The van der Waals surface area contributed by atoms with E-state index in [-0.39, 0.29) is 18.3 Å². The van der Waals surface area contributed by atoms with Crippen molar-refractivity contribution in [2.24, 2.45) is 0 Å². The number of halogens is 3. The van der Waals surface area contributed by atoms with E-state index in [0.717, 1.165) is 23.4 Å². The first kappa shape index (κ1) is 25.1. The van der Waals surface area contributed by atoms with Gasteiger partial charge in [-0.05, 0) is 56.5 Å². The first-order valence-corrected chi connectivity index (χ1v) is 11.7. The first-order valence-electron chi connectivity index (χ1n) is 11.7. The number of hydrogen-bond acceptors (Lipinski definition) is 5. The molecule has 0 saturated heterocycles. The Morgan fingerprint density at radius 1 is 1.20 bits per heavy atom. The summed E-state index contributed by atoms with van der Waals surface area (Å²) in [5, 5.41) is 6.27. The number of rotatable bonds is 6. The third-order valence-electron chi connectivity index (χ3n) is 6.05. The molecule has 0 bridgehead atoms. The van der Waals surface area contributed by atoms with Crippen molar-refractivity contribution in [2.75, 3.05) is 37.0 Å². The van der Waals surface area contributed by atoms with Crippen molar-refractivity contribution < 1.29 is 32.2 Å². The Morgan fingerprint density at radius 2 is 1.97 bits per heavy atom. The number of fused-ring (bicyclic) bond motifs is 2. The Labute approximate surface area is 202 Å². The molecule has 0 radical (unpaired) electrons. The van der Waals surface area contributed by atoms with Crippen LogP contribution in [-0.4, -0.2) is 38.1 Å². The molecule has 0 unspecified atom stereocenters. The van der Waals surface area contributed by atoms with Gasteiger partial charge in [-0.15, -0.1) is 0 Å². The van der Waals surface area contributed by atoms with Crippen molar-refractivity contribution in [3.8, 4) is 5.75 Å². The first-order chi connectivity index (χ1) is 16.7. The van der Waals surface area contributed by atoms with E-state index >= 15 is 0 Å². The highest BCUT2D eigenvalue weighted by Gasteiger charge is 2.37. The number of amides is 1. The standard InChI is InChI=1S/C26H29F3N2O4/c1-3-34-25(35-4-2)15-20-21(30-16-25)8-5-9-22(20)31-24(32)13-17-7-6-12-33-23-14-18(26(27,28)29)10-11-19(17)23/h5,8-11,13-14,30H,3-4,6-7,12,15-16H2,1-2H3,(H,31,32). The lowest BCUT2D eigenvalue weighted by molar-refractivity contribution is -0.224. The monoisotopic (exact) mass is 490 g/mol. The average Bonchev–Trinajstić information content (AvgIpc) is 3.01. The topological polar surface area (TPSA) is 68.8 Å². The van der Waals surface area contributed by atoms with Crippen molar-refractivity contribution in [1.29, 1.82) is 0 Å². The van der Waals surface area contributed by atoms with Crippen molar-refractivity contribution in [3.05, 3.63) is 59.2 Å². The van der Waals surface area contributed by atoms with Gasteiger partial charge < -0.3 is 24.8 Å². The lowest BCUT2D eigenvalue weighted by Crippen LogP contribution is -2.48. The lowest BCUT2D eigenvalue weighted by atomic mass is 9.96. The fourth-order valence-corrected chi connectivity index (χ4v) is 4.53. The predicted octanol–water partition coefficient (Wildman–Crippen LogP) is 5.64. The summed E-state index contributed by atoms with van der Waals surface area (Å²) < 4.78 is 56.8. The van der Waals surface area contributed by atoms with Gasteiger partial charge in [-0.3, -0.25) is 4.79 Å². The maximum Gasteiger partial charge on any atom is 0.416 e. The van der Waals surface area contributed by atoms with Crippen LogP contribution in [0.15, 0.2) is 42.5 Å². The van der Waals surface area contributed by atoms with Gasteiger partial charge in [-0.2, -0.15) is 13.2 Å². The molecule has 0 fully saturated rings. The van der Waals surface area contributed by atoms with E-state index in [9.17, 15) is 18.0 Å². The number of benzene rings is 2. The predicted molar refractivity (Wildman–Crippen MR) is 127 cm³/mol. The minimum atomic E-state index is -4.47. The van der Waals surface area contributed by atoms with E-state index in [1.165, 1.54) is 12.1 Å². The number of carbonyl (C=O) groups is 1. The summed E-state index contributed by atoms with van der Waals surface area (Å²) in [6.45, 7) is 5.54. The summed E-state index contributed by atoms with van der Waals surface area (Å²) >= 11 is 0. The van der Waals surface area contributed by atoms with Crippen LogP contribution in [0.5, 0.6) is 5.75 Å². The molecular weight excluding hydrogens is 461 g/mol. The molecule has 0 spiro atoms. The molecule has 2 aliphatic rings. The van der Waals surface area contributed by atoms with Gasteiger partial charge in [0.05, 0.1) is 18.7 Å². The van der Waals surface area contributed by atoms with E-state index in [4.69, 9.17) is 14.2 Å². The molecule has 2 aliphatic heterocycles. The Balaban J connectivity index is 1.60. The maximum absolute atomic E-state index is 13.1. The van der Waals surface area contributed by atoms with E-state index in [0.29, 0.717) is 55.8 Å². The molecule has 2 aromatic rings. The minimum Gasteiger partial charge on any atom is -0.493 e. The van der Waals surface area contributed by atoms with E-state index in [1.54, 1.807) is 0 Å². The number of hydrogen-bond donors (Lipinski definition) is 2. The molecule has 0 aromatic heterocycles. The third kappa shape index (κ3) is 5.62. The number of anilines is 2. The molecular formula is C26H29F3N2O4. The summed E-state index contributed by atoms with van der Waals surface area (Å²) in [7, 11) is 0. The van der Waals surface area contributed by atoms with E-state index in [1.807, 2.05) is 32.0 Å². The summed E-state index contributed by atoms with van der Waals surface area (Å²) in [4.78, 5) is 13.0. The summed E-state index contributed by atoms with van der Waals surface area (Å²) in [5.41, 5.74) is 2.72. The summed E-state index contributed by atoms with van der Waals surface area (Å²) in [6.07, 6.45) is -1.47. The average molecular weight is 491 g/mol. The van der Waals surface area contributed by atoms with Crippen LogP contribution in [0.2, 0.25) is 0 Å². The normalized spacial score (nSPS) is 18.0. The second-order valence-corrected chi connectivity index (χ2v) is 8.46. The molecule has 0 saturated carbocycles. The van der Waals surface area contributed by atoms with Crippen molar-refractivity contribution in [1.82, 2.24) is 0 Å². The van der Waals surface area contributed by atoms with Crippen molar-refractivity contribution in [2.45, 2.75) is 45.1 Å². The summed E-state index contributed by atoms with van der Waals surface area (Å²) in [5.74, 6) is -1.06. The van der Waals surface area contributed by atoms with Crippen LogP contribution in [0.25, 0.3) is 5.57 Å². The molecule has 0 aliphatic carbocycles. The zero-order chi connectivity index (χ0) is 25.1. The third-order valence-corrected chi connectivity index (χ3v) is 6.05. The Bertz CT molecular complexity index is 1110. The highest BCUT2D eigenvalue weighted by atomic mass is 19.4. The molecule has 4 rings (SSSR count). The van der Waals surface area contributed by atoms with Gasteiger partial charge in [-0.25, -0.2) is 0 Å². The maximum atomic E-state index is 13.1. The second-order valence-electron chi connectivity index (χ2n) is 8.46. The highest BCUT2D eigenvalue weighted by molar-refractivity contribution is 6.05. The zero-order valence-corrected chi connectivity index (χ0v) is 19.8. The van der Waals surface area contributed by atoms with E-state index < -0.39 is 17.5 Å². The van der Waals surface area contributed by atoms with Gasteiger partial charge in [0, 0.05) is 48.2 Å². The molecule has 1 amide bonds. The fourth-order valence-electron chi connectivity index (χ4n) is 4.53. The van der Waals surface area contributed by atoms with Crippen LogP contribution in [0.3, 0.4) is 0 Å². The van der Waals surface area contributed by atoms with Gasteiger partial charge in [-0.1, -0.05) is 12.1 Å². The van der Waals surface area contributed by atoms with Crippen LogP contribution < -0.4 is 15.4 Å². The number of allylic oxidation sites excluding steroid dienone is 1. The van der Waals surface area contributed by atoms with Gasteiger partial charge in [0.1, 0.15) is 5.75 Å². The summed E-state index contributed by atoms with van der Waals surface area (Å²) in [6, 6.07) is 8.96. The van der Waals surface area contributed by atoms with Crippen molar-refractivity contribution in [3.63, 3.8) is 0 Å². The van der Waals surface area contributed by atoms with Crippen LogP contribution >= 0.6 is 0 Å². The van der Waals surface area contributed by atoms with Gasteiger partial charge >= 0.3 is 6.18 Å². The Morgan fingerprint density at radius 3 is 2.69 bits per heavy atom. The zero-order valence-electron chi connectivity index (χ0n) is 19.8. The van der Waals surface area contributed by atoms with Gasteiger partial charge in [0.25, 0.3) is 0 Å². The molecule has 2 aromatic carbocycles. The minimum absolute atomic E-state index is 0.135. The Kier molecular flexibility index (Phi) is 7.37. The van der Waals surface area contributed by atoms with Crippen LogP contribution in [-0.2, 0) is 26.9 Å². The molecule has 0 atom stereocenters. The number of alkyl halides is 3. The van der Waals surface area contributed by atoms with Gasteiger partial charge in [0.2, 0.25) is 5.91 Å². The fraction of sp³-hybridized carbons (Fsp3) is 0.423. The van der Waals surface area contributed by atoms with Crippen LogP contribution in [0, 0.1) is 0 Å². The van der Waals surface area contributed by atoms with Crippen molar-refractivity contribution >= 4 is 22.9 Å². The molecule has 9 heteroatoms. The smallest absolute Gasteiger partial charge is 0.416 e. The quantitative estimate of drug-likeness (QED) is 0.405. The molecule has 2 heterocycles. The van der Waals surface area contributed by atoms with Crippen LogP contribution in [0.4, 0.5) is 24.5 Å². The second kappa shape index (κ2) is 10.3. The Hall–Kier alpha value is -3.04. The molecule has 6 nitrogen and oxygen atoms in total. The number of ether oxygens (including phenoxy) is 3. The number of nitrogens with one attached hydrogen (secondary N) is 2. The van der Waals surface area contributed by atoms with Gasteiger partial charge in [0.15, 0.2) is 5.79 Å². The SMILES string of the molecule is CCOC1(OCC)CNc2cccc(NC(=O)C=C3CCCOc4cc(C(F)(F)F)ccc43)c2C1. The molecule has 2 N–H and O–H groups in total. The van der Waals surface area contributed by atoms with E-state index in [2.05, 4.69) is 10.6 Å².